The van der Waals surface area contributed by atoms with Crippen molar-refractivity contribution in [3.63, 3.8) is 0 Å². The number of anilines is 1. The summed E-state index contributed by atoms with van der Waals surface area (Å²) in [5.41, 5.74) is 5.01. The average Bonchev–Trinajstić information content (AvgIpc) is 3.55. The minimum atomic E-state index is -0.394. The molecule has 0 fully saturated rings. The first-order chi connectivity index (χ1) is 18.0. The molecule has 1 aliphatic carbocycles. The van der Waals surface area contributed by atoms with E-state index >= 15 is 0 Å². The summed E-state index contributed by atoms with van der Waals surface area (Å²) in [7, 11) is 0. The number of carbonyl (C=O) groups excluding carboxylic acids is 1. The number of nitrogens with one attached hydrogen (secondary N) is 1. The highest BCUT2D eigenvalue weighted by Gasteiger charge is 2.27. The number of benzene rings is 1. The number of fused-ring (bicyclic) bond motifs is 2. The molecule has 188 valence electrons. The Kier molecular flexibility index (Phi) is 5.80. The van der Waals surface area contributed by atoms with E-state index in [1.165, 1.54) is 18.5 Å². The van der Waals surface area contributed by atoms with Gasteiger partial charge in [0.25, 0.3) is 5.91 Å². The van der Waals surface area contributed by atoms with Crippen molar-refractivity contribution in [3.8, 4) is 11.3 Å². The van der Waals surface area contributed by atoms with Crippen LogP contribution in [-0.2, 0) is 19.7 Å². The van der Waals surface area contributed by atoms with Gasteiger partial charge in [-0.3, -0.25) is 4.79 Å². The largest absolute Gasteiger partial charge is 0.444 e. The number of aliphatic hydroxyl groups excluding tert-OH is 1. The Balaban J connectivity index is 1.25. The summed E-state index contributed by atoms with van der Waals surface area (Å²) in [6, 6.07) is 5.98. The van der Waals surface area contributed by atoms with Gasteiger partial charge in [0.05, 0.1) is 18.3 Å². The molecule has 1 aliphatic heterocycles. The molecule has 1 amide bonds. The molecule has 1 unspecified atom stereocenters. The fraction of sp³-hybridized carbons (Fsp3) is 0.259. The molecule has 0 saturated heterocycles. The van der Waals surface area contributed by atoms with Gasteiger partial charge in [0.2, 0.25) is 5.95 Å². The Morgan fingerprint density at radius 2 is 2.11 bits per heavy atom. The van der Waals surface area contributed by atoms with Gasteiger partial charge >= 0.3 is 0 Å². The van der Waals surface area contributed by atoms with Crippen molar-refractivity contribution in [1.29, 1.82) is 0 Å². The van der Waals surface area contributed by atoms with Crippen LogP contribution in [0.4, 0.5) is 10.3 Å². The van der Waals surface area contributed by atoms with Crippen LogP contribution in [0.5, 0.6) is 0 Å². The predicted octanol–water partition coefficient (Wildman–Crippen LogP) is 4.10. The lowest BCUT2D eigenvalue weighted by molar-refractivity contribution is 0.0689. The molecule has 0 spiro atoms. The quantitative estimate of drug-likeness (QED) is 0.410. The summed E-state index contributed by atoms with van der Waals surface area (Å²) < 4.78 is 21.2. The van der Waals surface area contributed by atoms with E-state index in [9.17, 15) is 14.3 Å². The Bertz CT molecular complexity index is 1520. The molecular formula is C27H25FN6O3. The van der Waals surface area contributed by atoms with Gasteiger partial charge in [0.1, 0.15) is 17.2 Å². The van der Waals surface area contributed by atoms with Gasteiger partial charge in [0.15, 0.2) is 12.2 Å². The van der Waals surface area contributed by atoms with Crippen molar-refractivity contribution in [2.75, 3.05) is 11.9 Å². The summed E-state index contributed by atoms with van der Waals surface area (Å²) in [5, 5.41) is 13.0. The van der Waals surface area contributed by atoms with Gasteiger partial charge in [-0.2, -0.15) is 0 Å². The number of nitrogens with zero attached hydrogens (tertiary/aromatic N) is 5. The molecular weight excluding hydrogens is 475 g/mol. The fourth-order valence-corrected chi connectivity index (χ4v) is 4.91. The van der Waals surface area contributed by atoms with E-state index in [1.807, 2.05) is 35.9 Å². The van der Waals surface area contributed by atoms with Crippen LogP contribution < -0.4 is 5.32 Å². The maximum Gasteiger partial charge on any atom is 0.270 e. The molecule has 4 aromatic rings. The zero-order chi connectivity index (χ0) is 25.5. The molecule has 2 aliphatic rings. The fourth-order valence-electron chi connectivity index (χ4n) is 4.91. The highest BCUT2D eigenvalue weighted by atomic mass is 19.1. The van der Waals surface area contributed by atoms with E-state index in [4.69, 9.17) is 9.40 Å². The van der Waals surface area contributed by atoms with Gasteiger partial charge in [0, 0.05) is 37.6 Å². The first-order valence-corrected chi connectivity index (χ1v) is 12.1. The Hall–Kier alpha value is -4.31. The topological polar surface area (TPSA) is 109 Å². The summed E-state index contributed by atoms with van der Waals surface area (Å²) in [5.74, 6) is 0.650. The Morgan fingerprint density at radius 3 is 2.97 bits per heavy atom. The maximum absolute atomic E-state index is 13.8. The summed E-state index contributed by atoms with van der Waals surface area (Å²) in [4.78, 5) is 28.6. The standard InChI is InChI=1S/C27H25FN6O3/c1-16-11-29-27(31-21-3-2-4-23-25(21)30-15-37-23)32-24(16)19-10-22-26(36)34(8-7-33(22)13-19)12-18-9-20(28)6-5-17(18)14-35/h2,4-6,9-11,13,15,21,35H,3,7-8,12,14H2,1H3,(H,29,31,32). The van der Waals surface area contributed by atoms with E-state index in [2.05, 4.69) is 15.3 Å². The molecule has 1 atom stereocenters. The first-order valence-electron chi connectivity index (χ1n) is 12.1. The lowest BCUT2D eigenvalue weighted by atomic mass is 10.0. The van der Waals surface area contributed by atoms with E-state index in [0.29, 0.717) is 35.9 Å². The maximum atomic E-state index is 13.8. The number of hydrogen-bond donors (Lipinski definition) is 2. The van der Waals surface area contributed by atoms with Crippen LogP contribution >= 0.6 is 0 Å². The lowest BCUT2D eigenvalue weighted by Gasteiger charge is -2.29. The average molecular weight is 501 g/mol. The molecule has 0 saturated carbocycles. The minimum absolute atomic E-state index is 0.0988. The number of aryl methyl sites for hydroxylation is 1. The van der Waals surface area contributed by atoms with E-state index in [-0.39, 0.29) is 25.1 Å². The molecule has 10 heteroatoms. The van der Waals surface area contributed by atoms with Crippen LogP contribution in [0.2, 0.25) is 0 Å². The molecule has 4 heterocycles. The van der Waals surface area contributed by atoms with Crippen LogP contribution in [0.25, 0.3) is 17.3 Å². The van der Waals surface area contributed by atoms with Crippen LogP contribution in [-0.4, -0.2) is 42.0 Å². The van der Waals surface area contributed by atoms with E-state index < -0.39 is 5.82 Å². The Morgan fingerprint density at radius 1 is 1.22 bits per heavy atom. The van der Waals surface area contributed by atoms with Gasteiger partial charge in [-0.05, 0) is 54.3 Å². The first kappa shape index (κ1) is 23.1. The van der Waals surface area contributed by atoms with Crippen molar-refractivity contribution < 1.29 is 18.7 Å². The summed E-state index contributed by atoms with van der Waals surface area (Å²) in [6.45, 7) is 3.03. The second kappa shape index (κ2) is 9.29. The number of rotatable bonds is 6. The number of amides is 1. The second-order valence-electron chi connectivity index (χ2n) is 9.27. The molecule has 2 N–H and O–H groups in total. The van der Waals surface area contributed by atoms with Gasteiger partial charge in [-0.25, -0.2) is 19.3 Å². The van der Waals surface area contributed by atoms with E-state index in [0.717, 1.165) is 34.7 Å². The number of carbonyl (C=O) groups is 1. The molecule has 37 heavy (non-hydrogen) atoms. The third-order valence-electron chi connectivity index (χ3n) is 6.86. The lowest BCUT2D eigenvalue weighted by Crippen LogP contribution is -2.39. The van der Waals surface area contributed by atoms with Crippen molar-refractivity contribution in [2.24, 2.45) is 0 Å². The van der Waals surface area contributed by atoms with E-state index in [1.54, 1.807) is 17.2 Å². The van der Waals surface area contributed by atoms with Crippen LogP contribution in [0.15, 0.2) is 53.5 Å². The van der Waals surface area contributed by atoms with Gasteiger partial charge < -0.3 is 24.3 Å². The van der Waals surface area contributed by atoms with Crippen LogP contribution in [0.1, 0.15) is 51.1 Å². The summed E-state index contributed by atoms with van der Waals surface area (Å²) in [6.07, 6.45) is 9.80. The second-order valence-corrected chi connectivity index (χ2v) is 9.27. The van der Waals surface area contributed by atoms with Crippen molar-refractivity contribution in [1.82, 2.24) is 24.4 Å². The van der Waals surface area contributed by atoms with Crippen molar-refractivity contribution >= 4 is 17.9 Å². The molecule has 1 aromatic carbocycles. The summed E-state index contributed by atoms with van der Waals surface area (Å²) >= 11 is 0. The normalized spacial score (nSPS) is 16.6. The number of aliphatic hydroxyl groups is 1. The SMILES string of the molecule is Cc1cnc(NC2CC=Cc3ocnc32)nc1-c1cc2n(c1)CCN(Cc1cc(F)ccc1CO)C2=O. The minimum Gasteiger partial charge on any atom is -0.444 e. The molecule has 3 aromatic heterocycles. The zero-order valence-corrected chi connectivity index (χ0v) is 20.2. The molecule has 9 nitrogen and oxygen atoms in total. The van der Waals surface area contributed by atoms with Crippen LogP contribution in [0.3, 0.4) is 0 Å². The third-order valence-corrected chi connectivity index (χ3v) is 6.86. The number of hydrogen-bond acceptors (Lipinski definition) is 7. The molecule has 0 bridgehead atoms. The number of oxazole rings is 1. The molecule has 0 radical (unpaired) electrons. The highest BCUT2D eigenvalue weighted by Crippen LogP contribution is 2.31. The smallest absolute Gasteiger partial charge is 0.270 e. The number of halogens is 1. The Labute approximate surface area is 212 Å². The zero-order valence-electron chi connectivity index (χ0n) is 20.2. The van der Waals surface area contributed by atoms with Gasteiger partial charge in [-0.15, -0.1) is 0 Å². The van der Waals surface area contributed by atoms with Gasteiger partial charge in [-0.1, -0.05) is 12.1 Å². The third kappa shape index (κ3) is 4.29. The van der Waals surface area contributed by atoms with Crippen molar-refractivity contribution in [3.05, 3.63) is 88.8 Å². The van der Waals surface area contributed by atoms with Crippen molar-refractivity contribution in [2.45, 2.75) is 39.1 Å². The molecule has 6 rings (SSSR count). The van der Waals surface area contributed by atoms with Crippen LogP contribution in [0, 0.1) is 12.7 Å². The highest BCUT2D eigenvalue weighted by molar-refractivity contribution is 5.95. The predicted molar refractivity (Wildman–Crippen MR) is 134 cm³/mol. The monoisotopic (exact) mass is 500 g/mol. The number of aromatic nitrogens is 4.